The quantitative estimate of drug-likeness (QED) is 0.0299. The average molecular weight is 879 g/mol. The number of rotatable bonds is 16. The molecule has 1 nitrogen and oxygen atoms in total. The molecule has 0 bridgehead atoms. The van der Waals surface area contributed by atoms with E-state index in [2.05, 4.69) is 62.4 Å². The Hall–Kier alpha value is -5.80. The minimum atomic E-state index is -2.21. The number of hydrogen-bond donors (Lipinski definition) is 0. The minimum Gasteiger partial charge on any atom is -0.258 e. The Morgan fingerprint density at radius 2 is 0.812 bits per heavy atom. The van der Waals surface area contributed by atoms with E-state index in [1.807, 2.05) is 19.1 Å². The molecule has 64 heavy (non-hydrogen) atoms. The number of halogens is 8. The van der Waals surface area contributed by atoms with E-state index in [1.54, 1.807) is 6.92 Å². The smallest absolute Gasteiger partial charge is 0.170 e. The lowest BCUT2D eigenvalue weighted by Gasteiger charge is -2.43. The van der Waals surface area contributed by atoms with E-state index < -0.39 is 68.8 Å². The largest absolute Gasteiger partial charge is 0.258 e. The predicted octanol–water partition coefficient (Wildman–Crippen LogP) is 17.0. The number of benzene rings is 6. The molecule has 0 atom stereocenters. The third-order valence-corrected chi connectivity index (χ3v) is 12.5. The molecule has 0 aromatic heterocycles. The Kier molecular flexibility index (Phi) is 14.4. The van der Waals surface area contributed by atoms with Gasteiger partial charge in [0, 0.05) is 29.7 Å². The lowest BCUT2D eigenvalue weighted by Crippen LogP contribution is -2.48. The van der Waals surface area contributed by atoms with Crippen LogP contribution in [-0.4, -0.2) is 13.1 Å². The molecule has 1 aliphatic rings. The van der Waals surface area contributed by atoms with E-state index in [0.29, 0.717) is 11.1 Å². The molecule has 0 N–H and O–H groups in total. The first-order chi connectivity index (χ1) is 30.8. The monoisotopic (exact) mass is 878 g/mol. The SMILES string of the molecule is C/C=C/c1ccc2c(c1)[N+](CCCCCC)(CCCCCC)c1cc(/C=C/c3ccc(-c4c(F)c(F)c(-c5c(F)c(F)c(-c6ccc(C)cc6)c(F)c5F)c(F)c4F)cc3)ccc1C2. The van der Waals surface area contributed by atoms with Crippen LogP contribution in [0.25, 0.3) is 51.6 Å². The van der Waals surface area contributed by atoms with Crippen LogP contribution < -0.4 is 4.48 Å². The Morgan fingerprint density at radius 1 is 0.438 bits per heavy atom. The Morgan fingerprint density at radius 3 is 1.23 bits per heavy atom. The molecule has 0 radical (unpaired) electrons. The fourth-order valence-electron chi connectivity index (χ4n) is 9.09. The average Bonchev–Trinajstić information content (AvgIpc) is 3.29. The molecule has 0 spiro atoms. The van der Waals surface area contributed by atoms with Crippen molar-refractivity contribution in [1.82, 2.24) is 4.48 Å². The number of fused-ring (bicyclic) bond motifs is 2. The zero-order chi connectivity index (χ0) is 45.7. The van der Waals surface area contributed by atoms with E-state index in [9.17, 15) is 0 Å². The summed E-state index contributed by atoms with van der Waals surface area (Å²) in [5.74, 6) is -16.8. The second-order valence-electron chi connectivity index (χ2n) is 16.8. The van der Waals surface area contributed by atoms with Crippen LogP contribution in [0.3, 0.4) is 0 Å². The maximum absolute atomic E-state index is 15.7. The van der Waals surface area contributed by atoms with Crippen LogP contribution in [0.5, 0.6) is 0 Å². The molecule has 0 amide bonds. The topological polar surface area (TPSA) is 0 Å². The summed E-state index contributed by atoms with van der Waals surface area (Å²) in [4.78, 5) is 0. The highest BCUT2D eigenvalue weighted by atomic mass is 19.2. The predicted molar refractivity (Wildman–Crippen MR) is 246 cm³/mol. The molecule has 0 fully saturated rings. The molecule has 9 heteroatoms. The summed E-state index contributed by atoms with van der Waals surface area (Å²) >= 11 is 0. The maximum atomic E-state index is 15.7. The van der Waals surface area contributed by atoms with Crippen molar-refractivity contribution in [2.24, 2.45) is 0 Å². The van der Waals surface area contributed by atoms with Gasteiger partial charge in [-0.25, -0.2) is 35.1 Å². The van der Waals surface area contributed by atoms with Gasteiger partial charge >= 0.3 is 0 Å². The maximum Gasteiger partial charge on any atom is 0.170 e. The van der Waals surface area contributed by atoms with Crippen LogP contribution in [0.2, 0.25) is 0 Å². The van der Waals surface area contributed by atoms with Crippen molar-refractivity contribution in [1.29, 1.82) is 0 Å². The Labute approximate surface area is 371 Å². The summed E-state index contributed by atoms with van der Waals surface area (Å²) in [6.07, 6.45) is 17.9. The highest BCUT2D eigenvalue weighted by Crippen LogP contribution is 2.48. The summed E-state index contributed by atoms with van der Waals surface area (Å²) in [6, 6.07) is 24.2. The molecule has 0 aliphatic carbocycles. The molecule has 0 unspecified atom stereocenters. The minimum absolute atomic E-state index is 0.257. The Bertz CT molecular complexity index is 2640. The van der Waals surface area contributed by atoms with Crippen LogP contribution in [0.15, 0.2) is 91.0 Å². The molecule has 0 saturated carbocycles. The van der Waals surface area contributed by atoms with Crippen LogP contribution in [0.4, 0.5) is 46.5 Å². The van der Waals surface area contributed by atoms with Crippen molar-refractivity contribution in [2.45, 2.75) is 85.5 Å². The number of quaternary nitrogens is 1. The van der Waals surface area contributed by atoms with Crippen molar-refractivity contribution in [3.63, 3.8) is 0 Å². The fourth-order valence-corrected chi connectivity index (χ4v) is 9.09. The number of hydrogen-bond acceptors (Lipinski definition) is 0. The van der Waals surface area contributed by atoms with Gasteiger partial charge in [0.2, 0.25) is 0 Å². The molecule has 7 rings (SSSR count). The lowest BCUT2D eigenvalue weighted by molar-refractivity contribution is 0.348. The third kappa shape index (κ3) is 8.97. The molecule has 1 heterocycles. The van der Waals surface area contributed by atoms with E-state index in [4.69, 9.17) is 0 Å². The number of nitrogens with zero attached hydrogens (tertiary/aromatic N) is 1. The summed E-state index contributed by atoms with van der Waals surface area (Å²) in [5, 5.41) is 0. The summed E-state index contributed by atoms with van der Waals surface area (Å²) in [7, 11) is 0. The standard InChI is InChI=1S/C55H52F8N/c1-5-8-10-12-29-64(30-13-11-9-6-2)42-31-36(14-7-3)21-27-40(42)33-41-28-22-37(32-43(41)64)18-17-35-19-25-39(26-20-35)45-50(58)54(62)47(55(63)51(45)59)46-52(60)48(56)44(49(57)53(46)61)38-23-15-34(4)16-24-38/h7,14-28,31-32H,5-6,8-13,29-30,33H2,1-4H3/q+1/b14-7+,18-17+. The number of unbranched alkanes of at least 4 members (excludes halogenated alkanes) is 6. The van der Waals surface area contributed by atoms with Crippen LogP contribution >= 0.6 is 0 Å². The number of allylic oxidation sites excluding steroid dienone is 1. The summed E-state index contributed by atoms with van der Waals surface area (Å²) in [5.41, 5.74) is 2.06. The van der Waals surface area contributed by atoms with E-state index in [-0.39, 0.29) is 11.1 Å². The van der Waals surface area contributed by atoms with Crippen molar-refractivity contribution in [3.05, 3.63) is 171 Å². The second-order valence-corrected chi connectivity index (χ2v) is 16.8. The van der Waals surface area contributed by atoms with E-state index in [1.165, 1.54) is 89.4 Å². The van der Waals surface area contributed by atoms with Crippen LogP contribution in [0.1, 0.15) is 106 Å². The Balaban J connectivity index is 1.21. The van der Waals surface area contributed by atoms with Crippen molar-refractivity contribution < 1.29 is 35.1 Å². The molecule has 6 aromatic carbocycles. The van der Waals surface area contributed by atoms with Gasteiger partial charge in [-0.05, 0) is 67.3 Å². The van der Waals surface area contributed by atoms with E-state index in [0.717, 1.165) is 68.1 Å². The first-order valence-electron chi connectivity index (χ1n) is 22.2. The summed E-state index contributed by atoms with van der Waals surface area (Å²) < 4.78 is 125. The van der Waals surface area contributed by atoms with Gasteiger partial charge in [-0.15, -0.1) is 0 Å². The molecule has 1 aliphatic heterocycles. The van der Waals surface area contributed by atoms with Crippen molar-refractivity contribution in [2.75, 3.05) is 13.1 Å². The summed E-state index contributed by atoms with van der Waals surface area (Å²) in [6.45, 7) is 10.1. The van der Waals surface area contributed by atoms with Gasteiger partial charge in [0.1, 0.15) is 11.4 Å². The van der Waals surface area contributed by atoms with Gasteiger partial charge in [-0.1, -0.05) is 142 Å². The van der Waals surface area contributed by atoms with Crippen LogP contribution in [-0.2, 0) is 6.42 Å². The van der Waals surface area contributed by atoms with Gasteiger partial charge in [0.25, 0.3) is 0 Å². The number of aryl methyl sites for hydroxylation is 1. The second kappa shape index (κ2) is 19.9. The van der Waals surface area contributed by atoms with Gasteiger partial charge < -0.3 is 0 Å². The molecule has 6 aromatic rings. The molecular weight excluding hydrogens is 827 g/mol. The highest BCUT2D eigenvalue weighted by molar-refractivity contribution is 5.80. The zero-order valence-corrected chi connectivity index (χ0v) is 36.6. The normalized spacial score (nSPS) is 13.2. The zero-order valence-electron chi connectivity index (χ0n) is 36.6. The molecule has 332 valence electrons. The first-order valence-corrected chi connectivity index (χ1v) is 22.2. The van der Waals surface area contributed by atoms with Crippen molar-refractivity contribution >= 4 is 29.6 Å². The fraction of sp³-hybridized carbons (Fsp3) is 0.273. The van der Waals surface area contributed by atoms with Crippen LogP contribution in [0, 0.1) is 53.5 Å². The first kappa shape index (κ1) is 46.2. The van der Waals surface area contributed by atoms with Crippen molar-refractivity contribution in [3.8, 4) is 33.4 Å². The van der Waals surface area contributed by atoms with Gasteiger partial charge in [-0.2, -0.15) is 0 Å². The van der Waals surface area contributed by atoms with Gasteiger partial charge in [0.15, 0.2) is 46.5 Å². The van der Waals surface area contributed by atoms with Gasteiger partial charge in [0.05, 0.1) is 35.3 Å². The molecular formula is C55H52F8N+. The van der Waals surface area contributed by atoms with E-state index >= 15 is 35.1 Å². The highest BCUT2D eigenvalue weighted by Gasteiger charge is 2.41. The lowest BCUT2D eigenvalue weighted by atomic mass is 9.89. The third-order valence-electron chi connectivity index (χ3n) is 12.5. The molecule has 0 saturated heterocycles. The van der Waals surface area contributed by atoms with Gasteiger partial charge in [-0.3, -0.25) is 4.48 Å².